The molecule has 28 heavy (non-hydrogen) atoms. The summed E-state index contributed by atoms with van der Waals surface area (Å²) < 4.78 is 17.6. The third kappa shape index (κ3) is 2.14. The van der Waals surface area contributed by atoms with Crippen LogP contribution in [-0.4, -0.2) is 36.8 Å². The standard InChI is InChI=1S/C19H18FN7O/c1-11-13(7-22-25(11)2)15-9-27-16(14(20)8-23-27)17(24-15)26-6-5-19(10-21,18(26)28)12-3-4-12/h7-9,12H,3-6H2,1-2H3/t19-/m1/s1. The molecule has 5 rings (SSSR count). The summed E-state index contributed by atoms with van der Waals surface area (Å²) in [6.45, 7) is 2.25. The third-order valence-electron chi connectivity index (χ3n) is 6.03. The molecule has 1 amide bonds. The minimum atomic E-state index is -1.02. The maximum Gasteiger partial charge on any atom is 0.249 e. The first kappa shape index (κ1) is 16.9. The van der Waals surface area contributed by atoms with E-state index in [4.69, 9.17) is 0 Å². The second kappa shape index (κ2) is 5.61. The summed E-state index contributed by atoms with van der Waals surface area (Å²) in [5.74, 6) is -0.541. The molecule has 0 unspecified atom stereocenters. The molecule has 0 bridgehead atoms. The number of aromatic nitrogens is 5. The largest absolute Gasteiger partial charge is 0.293 e. The second-order valence-electron chi connectivity index (χ2n) is 7.57. The van der Waals surface area contributed by atoms with Crippen molar-refractivity contribution < 1.29 is 9.18 Å². The van der Waals surface area contributed by atoms with E-state index in [0.29, 0.717) is 18.7 Å². The van der Waals surface area contributed by atoms with Gasteiger partial charge in [0.05, 0.1) is 30.4 Å². The van der Waals surface area contributed by atoms with Gasteiger partial charge in [-0.3, -0.25) is 14.4 Å². The van der Waals surface area contributed by atoms with Gasteiger partial charge in [-0.25, -0.2) is 13.9 Å². The van der Waals surface area contributed by atoms with Crippen molar-refractivity contribution in [1.82, 2.24) is 24.4 Å². The molecule has 3 aromatic rings. The first-order valence-electron chi connectivity index (χ1n) is 9.22. The van der Waals surface area contributed by atoms with Gasteiger partial charge in [-0.1, -0.05) is 0 Å². The molecule has 8 nitrogen and oxygen atoms in total. The number of halogens is 1. The van der Waals surface area contributed by atoms with Crippen LogP contribution < -0.4 is 4.90 Å². The average Bonchev–Trinajstić information content (AvgIpc) is 3.30. The molecule has 1 saturated heterocycles. The fourth-order valence-electron chi connectivity index (χ4n) is 4.12. The Kier molecular flexibility index (Phi) is 3.38. The van der Waals surface area contributed by atoms with Crippen LogP contribution in [-0.2, 0) is 11.8 Å². The number of hydrogen-bond acceptors (Lipinski definition) is 5. The number of carbonyl (C=O) groups excluding carboxylic acids is 1. The van der Waals surface area contributed by atoms with Crippen LogP contribution in [0, 0.1) is 35.4 Å². The number of amides is 1. The number of nitrogens with zero attached hydrogens (tertiary/aromatic N) is 7. The Labute approximate surface area is 160 Å². The number of hydrogen-bond donors (Lipinski definition) is 0. The molecule has 3 aromatic heterocycles. The van der Waals surface area contributed by atoms with Crippen molar-refractivity contribution in [3.63, 3.8) is 0 Å². The number of anilines is 1. The van der Waals surface area contributed by atoms with E-state index in [2.05, 4.69) is 21.3 Å². The van der Waals surface area contributed by atoms with Gasteiger partial charge in [0.15, 0.2) is 11.6 Å². The van der Waals surface area contributed by atoms with E-state index in [0.717, 1.165) is 30.3 Å². The Morgan fingerprint density at radius 3 is 2.75 bits per heavy atom. The number of nitriles is 1. The van der Waals surface area contributed by atoms with Gasteiger partial charge in [0.1, 0.15) is 10.9 Å². The Morgan fingerprint density at radius 2 is 2.11 bits per heavy atom. The highest BCUT2D eigenvalue weighted by Crippen LogP contribution is 2.52. The van der Waals surface area contributed by atoms with Crippen molar-refractivity contribution in [2.24, 2.45) is 18.4 Å². The van der Waals surface area contributed by atoms with E-state index in [1.807, 2.05) is 14.0 Å². The highest BCUT2D eigenvalue weighted by atomic mass is 19.1. The first-order valence-corrected chi connectivity index (χ1v) is 9.22. The van der Waals surface area contributed by atoms with Crippen molar-refractivity contribution in [2.75, 3.05) is 11.4 Å². The number of fused-ring (bicyclic) bond motifs is 1. The van der Waals surface area contributed by atoms with E-state index in [9.17, 15) is 14.4 Å². The summed E-state index contributed by atoms with van der Waals surface area (Å²) in [6, 6.07) is 2.26. The average molecular weight is 379 g/mol. The van der Waals surface area contributed by atoms with Crippen LogP contribution in [0.1, 0.15) is 25.0 Å². The zero-order valence-corrected chi connectivity index (χ0v) is 15.6. The van der Waals surface area contributed by atoms with Crippen molar-refractivity contribution in [3.05, 3.63) is 30.1 Å². The fourth-order valence-corrected chi connectivity index (χ4v) is 4.12. The van der Waals surface area contributed by atoms with E-state index in [-0.39, 0.29) is 23.2 Å². The van der Waals surface area contributed by atoms with Crippen LogP contribution >= 0.6 is 0 Å². The van der Waals surface area contributed by atoms with Gasteiger partial charge in [0.2, 0.25) is 5.91 Å². The summed E-state index contributed by atoms with van der Waals surface area (Å²) in [4.78, 5) is 19.3. The fraction of sp³-hybridized carbons (Fsp3) is 0.421. The lowest BCUT2D eigenvalue weighted by Crippen LogP contribution is -2.36. The molecule has 142 valence electrons. The minimum absolute atomic E-state index is 0.0875. The first-order chi connectivity index (χ1) is 13.5. The van der Waals surface area contributed by atoms with Crippen LogP contribution in [0.5, 0.6) is 0 Å². The molecule has 0 radical (unpaired) electrons. The lowest BCUT2D eigenvalue weighted by atomic mass is 9.83. The predicted octanol–water partition coefficient (Wildman–Crippen LogP) is 2.23. The molecule has 1 saturated carbocycles. The van der Waals surface area contributed by atoms with Crippen molar-refractivity contribution >= 4 is 17.2 Å². The molecule has 1 atom stereocenters. The maximum absolute atomic E-state index is 14.5. The molecule has 0 N–H and O–H groups in total. The van der Waals surface area contributed by atoms with E-state index in [1.54, 1.807) is 17.1 Å². The molecule has 2 aliphatic rings. The molecule has 0 spiro atoms. The van der Waals surface area contributed by atoms with Gasteiger partial charge in [-0.2, -0.15) is 15.5 Å². The molecular formula is C19H18FN7O. The monoisotopic (exact) mass is 379 g/mol. The molecule has 4 heterocycles. The lowest BCUT2D eigenvalue weighted by molar-refractivity contribution is -0.123. The van der Waals surface area contributed by atoms with Crippen molar-refractivity contribution in [3.8, 4) is 17.3 Å². The van der Waals surface area contributed by atoms with Gasteiger partial charge < -0.3 is 0 Å². The van der Waals surface area contributed by atoms with Gasteiger partial charge in [-0.15, -0.1) is 0 Å². The molecule has 1 aliphatic carbocycles. The zero-order valence-electron chi connectivity index (χ0n) is 15.6. The van der Waals surface area contributed by atoms with Crippen LogP contribution in [0.2, 0.25) is 0 Å². The predicted molar refractivity (Wildman–Crippen MR) is 97.6 cm³/mol. The highest BCUT2D eigenvalue weighted by Gasteiger charge is 2.57. The summed E-state index contributed by atoms with van der Waals surface area (Å²) in [7, 11) is 1.83. The van der Waals surface area contributed by atoms with E-state index >= 15 is 0 Å². The van der Waals surface area contributed by atoms with Gasteiger partial charge in [-0.05, 0) is 32.1 Å². The Balaban J connectivity index is 1.69. The highest BCUT2D eigenvalue weighted by molar-refractivity contribution is 6.04. The minimum Gasteiger partial charge on any atom is -0.293 e. The molecule has 2 fully saturated rings. The summed E-state index contributed by atoms with van der Waals surface area (Å²) in [5, 5.41) is 18.1. The zero-order chi connectivity index (χ0) is 19.6. The molecule has 1 aliphatic heterocycles. The Hall–Kier alpha value is -3.28. The smallest absolute Gasteiger partial charge is 0.249 e. The number of carbonyl (C=O) groups is 1. The Morgan fingerprint density at radius 1 is 1.32 bits per heavy atom. The quantitative estimate of drug-likeness (QED) is 0.696. The SMILES string of the molecule is Cc1c(-c2cn3ncc(F)c3c(N3CC[C@@](C#N)(C4CC4)C3=O)n2)cnn1C. The van der Waals surface area contributed by atoms with Gasteiger partial charge in [0, 0.05) is 24.8 Å². The van der Waals surface area contributed by atoms with Crippen molar-refractivity contribution in [1.29, 1.82) is 5.26 Å². The topological polar surface area (TPSA) is 92.1 Å². The molecule has 0 aromatic carbocycles. The van der Waals surface area contributed by atoms with Gasteiger partial charge in [0.25, 0.3) is 0 Å². The van der Waals surface area contributed by atoms with Crippen molar-refractivity contribution in [2.45, 2.75) is 26.2 Å². The van der Waals surface area contributed by atoms with E-state index in [1.165, 1.54) is 9.42 Å². The van der Waals surface area contributed by atoms with Gasteiger partial charge >= 0.3 is 0 Å². The molecule has 9 heteroatoms. The normalized spacial score (nSPS) is 22.2. The lowest BCUT2D eigenvalue weighted by Gasteiger charge is -2.21. The Bertz CT molecular complexity index is 1170. The summed E-state index contributed by atoms with van der Waals surface area (Å²) in [5.41, 5.74) is 1.34. The van der Waals surface area contributed by atoms with Crippen LogP contribution in [0.3, 0.4) is 0 Å². The number of rotatable bonds is 3. The van der Waals surface area contributed by atoms with E-state index < -0.39 is 11.2 Å². The van der Waals surface area contributed by atoms with Crippen LogP contribution in [0.25, 0.3) is 16.8 Å². The molecular weight excluding hydrogens is 361 g/mol. The second-order valence-corrected chi connectivity index (χ2v) is 7.57. The van der Waals surface area contributed by atoms with Crippen LogP contribution in [0.4, 0.5) is 10.2 Å². The third-order valence-corrected chi connectivity index (χ3v) is 6.03. The number of aryl methyl sites for hydroxylation is 1. The summed E-state index contributed by atoms with van der Waals surface area (Å²) >= 11 is 0. The van der Waals surface area contributed by atoms with Crippen LogP contribution in [0.15, 0.2) is 18.6 Å². The summed E-state index contributed by atoms with van der Waals surface area (Å²) in [6.07, 6.45) is 6.62. The maximum atomic E-state index is 14.5.